The van der Waals surface area contributed by atoms with E-state index in [4.69, 9.17) is 23.7 Å². The summed E-state index contributed by atoms with van der Waals surface area (Å²) in [5.41, 5.74) is 0.520. The van der Waals surface area contributed by atoms with Crippen LogP contribution in [-0.4, -0.2) is 99.8 Å². The fourth-order valence-electron chi connectivity index (χ4n) is 3.25. The Morgan fingerprint density at radius 3 is 2.03 bits per heavy atom. The molecule has 1 fully saturated rings. The summed E-state index contributed by atoms with van der Waals surface area (Å²) in [6.45, 7) is 12.4. The van der Waals surface area contributed by atoms with Crippen molar-refractivity contribution in [1.29, 1.82) is 0 Å². The Hall–Kier alpha value is -2.20. The first-order valence-corrected chi connectivity index (χ1v) is 12.0. The van der Waals surface area contributed by atoms with E-state index in [0.717, 1.165) is 25.2 Å². The maximum atomic E-state index is 12.2. The minimum atomic E-state index is -0.467. The van der Waals surface area contributed by atoms with E-state index in [0.29, 0.717) is 59.3 Å². The van der Waals surface area contributed by atoms with Crippen LogP contribution >= 0.6 is 0 Å². The Bertz CT molecular complexity index is 701. The molecule has 1 saturated heterocycles. The van der Waals surface area contributed by atoms with E-state index >= 15 is 0 Å². The average molecular weight is 481 g/mol. The van der Waals surface area contributed by atoms with Crippen molar-refractivity contribution in [2.24, 2.45) is 0 Å². The SMILES string of the molecule is CC(C)(C)OC(=O)CCOCCOCCOCCN1CCN(C(=O)OCc2ccccc2)CC1. The van der Waals surface area contributed by atoms with Gasteiger partial charge in [-0.2, -0.15) is 0 Å². The number of esters is 1. The molecular formula is C25H40N2O7. The number of piperazine rings is 1. The number of hydrogen-bond acceptors (Lipinski definition) is 8. The second-order valence-corrected chi connectivity index (χ2v) is 9.04. The van der Waals surface area contributed by atoms with Crippen LogP contribution in [0.4, 0.5) is 4.79 Å². The van der Waals surface area contributed by atoms with E-state index < -0.39 is 5.60 Å². The van der Waals surface area contributed by atoms with E-state index in [9.17, 15) is 9.59 Å². The second-order valence-electron chi connectivity index (χ2n) is 9.04. The molecule has 1 amide bonds. The van der Waals surface area contributed by atoms with Crippen molar-refractivity contribution >= 4 is 12.1 Å². The third-order valence-corrected chi connectivity index (χ3v) is 5.00. The Morgan fingerprint density at radius 1 is 0.824 bits per heavy atom. The fourth-order valence-corrected chi connectivity index (χ4v) is 3.25. The van der Waals surface area contributed by atoms with Gasteiger partial charge in [0.15, 0.2) is 0 Å². The highest BCUT2D eigenvalue weighted by Crippen LogP contribution is 2.08. The quantitative estimate of drug-likeness (QED) is 0.297. The van der Waals surface area contributed by atoms with E-state index in [2.05, 4.69) is 4.90 Å². The molecule has 9 heteroatoms. The summed E-state index contributed by atoms with van der Waals surface area (Å²) < 4.78 is 27.1. The molecule has 1 aliphatic heterocycles. The van der Waals surface area contributed by atoms with Crippen LogP contribution in [0.15, 0.2) is 30.3 Å². The molecule has 9 nitrogen and oxygen atoms in total. The van der Waals surface area contributed by atoms with Gasteiger partial charge in [0, 0.05) is 32.7 Å². The Balaban J connectivity index is 1.38. The molecule has 0 aromatic heterocycles. The monoisotopic (exact) mass is 480 g/mol. The predicted molar refractivity (Wildman–Crippen MR) is 128 cm³/mol. The molecule has 0 N–H and O–H groups in total. The first-order chi connectivity index (χ1) is 16.3. The summed E-state index contributed by atoms with van der Waals surface area (Å²) >= 11 is 0. The number of amides is 1. The number of rotatable bonds is 14. The number of hydrogen-bond donors (Lipinski definition) is 0. The zero-order valence-corrected chi connectivity index (χ0v) is 20.8. The van der Waals surface area contributed by atoms with Gasteiger partial charge in [0.1, 0.15) is 12.2 Å². The normalized spacial score (nSPS) is 14.7. The number of carbonyl (C=O) groups is 2. The molecule has 1 aliphatic rings. The van der Waals surface area contributed by atoms with Gasteiger partial charge in [-0.15, -0.1) is 0 Å². The summed E-state index contributed by atoms with van der Waals surface area (Å²) in [7, 11) is 0. The Kier molecular flexibility index (Phi) is 12.9. The number of carbonyl (C=O) groups excluding carboxylic acids is 2. The van der Waals surface area contributed by atoms with Crippen LogP contribution in [0.3, 0.4) is 0 Å². The minimum Gasteiger partial charge on any atom is -0.460 e. The van der Waals surface area contributed by atoms with E-state index in [1.165, 1.54) is 0 Å². The molecular weight excluding hydrogens is 440 g/mol. The first kappa shape index (κ1) is 28.0. The number of benzene rings is 1. The Morgan fingerprint density at radius 2 is 1.41 bits per heavy atom. The fraction of sp³-hybridized carbons (Fsp3) is 0.680. The van der Waals surface area contributed by atoms with Crippen molar-refractivity contribution in [3.63, 3.8) is 0 Å². The molecule has 0 aliphatic carbocycles. The van der Waals surface area contributed by atoms with Gasteiger partial charge in [0.05, 0.1) is 46.1 Å². The van der Waals surface area contributed by atoms with Gasteiger partial charge in [0.25, 0.3) is 0 Å². The van der Waals surface area contributed by atoms with Crippen molar-refractivity contribution in [2.75, 3.05) is 72.4 Å². The molecule has 1 aromatic rings. The predicted octanol–water partition coefficient (Wildman–Crippen LogP) is 2.72. The third kappa shape index (κ3) is 12.9. The molecule has 0 bridgehead atoms. The maximum Gasteiger partial charge on any atom is 0.410 e. The van der Waals surface area contributed by atoms with Crippen LogP contribution < -0.4 is 0 Å². The highest BCUT2D eigenvalue weighted by Gasteiger charge is 2.22. The summed E-state index contributed by atoms with van der Waals surface area (Å²) in [6.07, 6.45) is -0.0190. The van der Waals surface area contributed by atoms with Crippen molar-refractivity contribution in [3.05, 3.63) is 35.9 Å². The van der Waals surface area contributed by atoms with Gasteiger partial charge in [0.2, 0.25) is 0 Å². The summed E-state index contributed by atoms with van der Waals surface area (Å²) in [5, 5.41) is 0. The van der Waals surface area contributed by atoms with E-state index in [1.54, 1.807) is 4.90 Å². The average Bonchev–Trinajstić information content (AvgIpc) is 2.81. The highest BCUT2D eigenvalue weighted by atomic mass is 16.6. The lowest BCUT2D eigenvalue weighted by atomic mass is 10.2. The minimum absolute atomic E-state index is 0.240. The zero-order valence-electron chi connectivity index (χ0n) is 20.8. The van der Waals surface area contributed by atoms with Crippen LogP contribution in [0.2, 0.25) is 0 Å². The van der Waals surface area contributed by atoms with Crippen molar-refractivity contribution in [1.82, 2.24) is 9.80 Å². The van der Waals surface area contributed by atoms with E-state index in [1.807, 2.05) is 51.1 Å². The standard InChI is InChI=1S/C25H40N2O7/c1-25(2,3)34-23(28)9-15-30-17-19-32-20-18-31-16-14-26-10-12-27(13-11-26)24(29)33-21-22-7-5-4-6-8-22/h4-8H,9-21H2,1-3H3. The van der Waals surface area contributed by atoms with Crippen molar-refractivity contribution in [2.45, 2.75) is 39.4 Å². The van der Waals surface area contributed by atoms with Gasteiger partial charge in [-0.3, -0.25) is 9.69 Å². The molecule has 1 heterocycles. The lowest BCUT2D eigenvalue weighted by Gasteiger charge is -2.33. The molecule has 2 rings (SSSR count). The van der Waals surface area contributed by atoms with Crippen molar-refractivity contribution < 1.29 is 33.3 Å². The van der Waals surface area contributed by atoms with Gasteiger partial charge in [-0.05, 0) is 26.3 Å². The zero-order chi connectivity index (χ0) is 24.7. The van der Waals surface area contributed by atoms with Crippen molar-refractivity contribution in [3.8, 4) is 0 Å². The number of nitrogens with zero attached hydrogens (tertiary/aromatic N) is 2. The molecule has 192 valence electrons. The van der Waals surface area contributed by atoms with Crippen LogP contribution in [-0.2, 0) is 35.1 Å². The van der Waals surface area contributed by atoms with Gasteiger partial charge < -0.3 is 28.6 Å². The topological polar surface area (TPSA) is 86.8 Å². The summed E-state index contributed by atoms with van der Waals surface area (Å²) in [6, 6.07) is 9.69. The maximum absolute atomic E-state index is 12.2. The Labute approximate surface area is 203 Å². The van der Waals surface area contributed by atoms with E-state index in [-0.39, 0.29) is 18.5 Å². The molecule has 0 saturated carbocycles. The molecule has 0 unspecified atom stereocenters. The summed E-state index contributed by atoms with van der Waals surface area (Å²) in [5.74, 6) is -0.258. The molecule has 0 spiro atoms. The van der Waals surface area contributed by atoms with Crippen LogP contribution in [0.1, 0.15) is 32.8 Å². The second kappa shape index (κ2) is 15.7. The van der Waals surface area contributed by atoms with Crippen LogP contribution in [0.25, 0.3) is 0 Å². The highest BCUT2D eigenvalue weighted by molar-refractivity contribution is 5.69. The molecule has 1 aromatic carbocycles. The molecule has 0 radical (unpaired) electrons. The van der Waals surface area contributed by atoms with Crippen LogP contribution in [0.5, 0.6) is 0 Å². The largest absolute Gasteiger partial charge is 0.460 e. The summed E-state index contributed by atoms with van der Waals surface area (Å²) in [4.78, 5) is 27.8. The van der Waals surface area contributed by atoms with Gasteiger partial charge >= 0.3 is 12.1 Å². The first-order valence-electron chi connectivity index (χ1n) is 12.0. The lowest BCUT2D eigenvalue weighted by Crippen LogP contribution is -2.49. The molecule has 34 heavy (non-hydrogen) atoms. The smallest absolute Gasteiger partial charge is 0.410 e. The van der Waals surface area contributed by atoms with Gasteiger partial charge in [-0.1, -0.05) is 30.3 Å². The lowest BCUT2D eigenvalue weighted by molar-refractivity contribution is -0.156. The van der Waals surface area contributed by atoms with Crippen LogP contribution in [0, 0.1) is 0 Å². The number of ether oxygens (including phenoxy) is 5. The van der Waals surface area contributed by atoms with Gasteiger partial charge in [-0.25, -0.2) is 4.79 Å². The third-order valence-electron chi connectivity index (χ3n) is 5.00. The molecule has 0 atom stereocenters.